The second-order valence-corrected chi connectivity index (χ2v) is 10.2. The third kappa shape index (κ3) is 6.60. The molecule has 35 heavy (non-hydrogen) atoms. The summed E-state index contributed by atoms with van der Waals surface area (Å²) in [4.78, 5) is 40.6. The van der Waals surface area contributed by atoms with Crippen molar-refractivity contribution in [1.82, 2.24) is 15.5 Å². The Bertz CT molecular complexity index is 1080. The number of amides is 3. The van der Waals surface area contributed by atoms with Gasteiger partial charge in [0.1, 0.15) is 17.6 Å². The number of rotatable bonds is 11. The van der Waals surface area contributed by atoms with Gasteiger partial charge in [0, 0.05) is 28.8 Å². The van der Waals surface area contributed by atoms with Crippen LogP contribution in [-0.2, 0) is 20.9 Å². The van der Waals surface area contributed by atoms with E-state index in [0.29, 0.717) is 38.1 Å². The largest absolute Gasteiger partial charge is 0.494 e. The Morgan fingerprint density at radius 2 is 1.97 bits per heavy atom. The van der Waals surface area contributed by atoms with Crippen LogP contribution in [0.3, 0.4) is 0 Å². The van der Waals surface area contributed by atoms with Crippen LogP contribution in [0.2, 0.25) is 0 Å². The number of carbonyl (C=O) groups excluding carboxylic acids is 3. The average molecular weight is 498 g/mol. The van der Waals surface area contributed by atoms with Gasteiger partial charge in [-0.15, -0.1) is 11.3 Å². The lowest BCUT2D eigenvalue weighted by molar-refractivity contribution is -0.138. The Morgan fingerprint density at radius 1 is 1.20 bits per heavy atom. The van der Waals surface area contributed by atoms with Gasteiger partial charge in [0.2, 0.25) is 17.7 Å². The number of nitrogens with zero attached hydrogens (tertiary/aromatic N) is 1. The monoisotopic (exact) mass is 497 g/mol. The van der Waals surface area contributed by atoms with Crippen molar-refractivity contribution in [3.63, 3.8) is 0 Å². The number of benzene rings is 1. The molecule has 2 aromatic rings. The quantitative estimate of drug-likeness (QED) is 0.214. The minimum atomic E-state index is -0.534. The van der Waals surface area contributed by atoms with E-state index < -0.39 is 6.04 Å². The van der Waals surface area contributed by atoms with E-state index in [0.717, 1.165) is 23.5 Å². The van der Waals surface area contributed by atoms with E-state index in [1.807, 2.05) is 30.3 Å². The summed E-state index contributed by atoms with van der Waals surface area (Å²) in [5.74, 6) is 0.110. The molecule has 2 fully saturated rings. The van der Waals surface area contributed by atoms with E-state index in [4.69, 9.17) is 15.9 Å². The highest BCUT2D eigenvalue weighted by atomic mass is 32.1. The van der Waals surface area contributed by atoms with Crippen LogP contribution in [0.25, 0.3) is 0 Å². The highest BCUT2D eigenvalue weighted by molar-refractivity contribution is 7.10. The molecule has 1 aromatic carbocycles. The summed E-state index contributed by atoms with van der Waals surface area (Å²) in [5.41, 5.74) is 6.18. The summed E-state index contributed by atoms with van der Waals surface area (Å²) in [7, 11) is 0. The summed E-state index contributed by atoms with van der Waals surface area (Å²) >= 11 is 1.43. The molecule has 1 spiro atoms. The molecule has 2 aliphatic rings. The summed E-state index contributed by atoms with van der Waals surface area (Å²) < 4.78 is 5.59. The Labute approximate surface area is 208 Å². The van der Waals surface area contributed by atoms with Crippen molar-refractivity contribution in [2.45, 2.75) is 44.7 Å². The highest BCUT2D eigenvalue weighted by Gasteiger charge is 2.55. The number of thiophene rings is 1. The number of likely N-dealkylation sites (tertiary alicyclic amines) is 1. The van der Waals surface area contributed by atoms with E-state index in [1.165, 1.54) is 11.3 Å². The number of nitrogen functional groups attached to an aromatic ring is 1. The molecule has 1 atom stereocenters. The van der Waals surface area contributed by atoms with Crippen molar-refractivity contribution in [2.24, 2.45) is 11.1 Å². The normalized spacial score (nSPS) is 17.7. The van der Waals surface area contributed by atoms with Crippen LogP contribution in [-0.4, -0.2) is 54.2 Å². The number of amidine groups is 1. The second-order valence-electron chi connectivity index (χ2n) is 9.22. The standard InChI is InChI=1S/C25H31N5O4S/c26-23(27)17-11-19(35-15-17)13-29-24(33)20-12-25(8-9-25)16-30(20)22(32)14-28-21(31)7-4-10-34-18-5-2-1-3-6-18/h1-3,5-6,11,15,20H,4,7-10,12-14,16H2,(H3,26,27)(H,28,31)(H,29,33)/t20-/m0/s1. The van der Waals surface area contributed by atoms with Gasteiger partial charge >= 0.3 is 0 Å². The van der Waals surface area contributed by atoms with Gasteiger partial charge in [0.15, 0.2) is 0 Å². The summed E-state index contributed by atoms with van der Waals surface area (Å²) in [6, 6.07) is 10.7. The molecule has 3 amide bonds. The fourth-order valence-corrected chi connectivity index (χ4v) is 5.13. The van der Waals surface area contributed by atoms with Gasteiger partial charge in [-0.05, 0) is 49.3 Å². The highest BCUT2D eigenvalue weighted by Crippen LogP contribution is 2.54. The number of hydrogen-bond donors (Lipinski definition) is 4. The van der Waals surface area contributed by atoms with E-state index in [-0.39, 0.29) is 41.9 Å². The van der Waals surface area contributed by atoms with Crippen molar-refractivity contribution in [3.8, 4) is 5.75 Å². The van der Waals surface area contributed by atoms with Crippen molar-refractivity contribution in [2.75, 3.05) is 19.7 Å². The van der Waals surface area contributed by atoms with Gasteiger partial charge in [-0.3, -0.25) is 19.8 Å². The third-order valence-corrected chi connectivity index (χ3v) is 7.42. The van der Waals surface area contributed by atoms with Crippen molar-refractivity contribution in [1.29, 1.82) is 5.41 Å². The van der Waals surface area contributed by atoms with E-state index >= 15 is 0 Å². The Morgan fingerprint density at radius 3 is 2.66 bits per heavy atom. The van der Waals surface area contributed by atoms with Crippen molar-refractivity contribution >= 4 is 34.9 Å². The molecule has 0 unspecified atom stereocenters. The molecule has 0 radical (unpaired) electrons. The van der Waals surface area contributed by atoms with Gasteiger partial charge in [-0.2, -0.15) is 0 Å². The second kappa shape index (κ2) is 10.9. The maximum Gasteiger partial charge on any atom is 0.243 e. The van der Waals surface area contributed by atoms with Crippen molar-refractivity contribution in [3.05, 3.63) is 52.2 Å². The van der Waals surface area contributed by atoms with Gasteiger partial charge in [0.25, 0.3) is 0 Å². The maximum absolute atomic E-state index is 13.0. The van der Waals surface area contributed by atoms with Crippen LogP contribution >= 0.6 is 11.3 Å². The lowest BCUT2D eigenvalue weighted by Crippen LogP contribution is -2.48. The predicted molar refractivity (Wildman–Crippen MR) is 133 cm³/mol. The van der Waals surface area contributed by atoms with E-state index in [1.54, 1.807) is 16.3 Å². The smallest absolute Gasteiger partial charge is 0.243 e. The topological polar surface area (TPSA) is 138 Å². The molecule has 186 valence electrons. The molecular weight excluding hydrogens is 466 g/mol. The molecule has 0 bridgehead atoms. The van der Waals surface area contributed by atoms with Crippen LogP contribution in [0.1, 0.15) is 42.5 Å². The van der Waals surface area contributed by atoms with Crippen LogP contribution in [0.4, 0.5) is 0 Å². The minimum Gasteiger partial charge on any atom is -0.494 e. The third-order valence-electron chi connectivity index (χ3n) is 6.49. The molecule has 10 heteroatoms. The average Bonchev–Trinajstić information content (AvgIpc) is 3.26. The van der Waals surface area contributed by atoms with Gasteiger partial charge in [-0.25, -0.2) is 0 Å². The van der Waals surface area contributed by atoms with Crippen molar-refractivity contribution < 1.29 is 19.1 Å². The molecular formula is C25H31N5O4S. The summed E-state index contributed by atoms with van der Waals surface area (Å²) in [5, 5.41) is 14.9. The SMILES string of the molecule is N=C(N)c1csc(CNC(=O)[C@@H]2CC3(CC3)CN2C(=O)CNC(=O)CCCOc2ccccc2)c1. The zero-order valence-electron chi connectivity index (χ0n) is 19.5. The molecule has 1 saturated heterocycles. The number of hydrogen-bond acceptors (Lipinski definition) is 6. The van der Waals surface area contributed by atoms with Gasteiger partial charge in [0.05, 0.1) is 19.7 Å². The molecule has 4 rings (SSSR count). The van der Waals surface area contributed by atoms with Crippen LogP contribution in [0, 0.1) is 10.8 Å². The molecule has 9 nitrogen and oxygen atoms in total. The number of nitrogens with one attached hydrogen (secondary N) is 3. The van der Waals surface area contributed by atoms with Crippen LogP contribution in [0.15, 0.2) is 41.8 Å². The first-order chi connectivity index (χ1) is 16.8. The van der Waals surface area contributed by atoms with Gasteiger partial charge < -0.3 is 26.0 Å². The van der Waals surface area contributed by atoms with E-state index in [9.17, 15) is 14.4 Å². The van der Waals surface area contributed by atoms with Gasteiger partial charge in [-0.1, -0.05) is 18.2 Å². The van der Waals surface area contributed by atoms with Crippen LogP contribution < -0.4 is 21.1 Å². The number of para-hydroxylation sites is 1. The lowest BCUT2D eigenvalue weighted by atomic mass is 10.0. The Hall–Kier alpha value is -3.40. The van der Waals surface area contributed by atoms with Crippen LogP contribution in [0.5, 0.6) is 5.75 Å². The minimum absolute atomic E-state index is 0.00664. The zero-order chi connectivity index (χ0) is 24.8. The lowest BCUT2D eigenvalue weighted by Gasteiger charge is -2.24. The first-order valence-corrected chi connectivity index (χ1v) is 12.7. The fourth-order valence-electron chi connectivity index (χ4n) is 4.30. The number of carbonyl (C=O) groups is 3. The first-order valence-electron chi connectivity index (χ1n) is 11.8. The molecule has 1 aliphatic carbocycles. The molecule has 1 aromatic heterocycles. The summed E-state index contributed by atoms with van der Waals surface area (Å²) in [6.07, 6.45) is 3.48. The summed E-state index contributed by atoms with van der Waals surface area (Å²) in [6.45, 7) is 1.17. The number of nitrogens with two attached hydrogens (primary N) is 1. The maximum atomic E-state index is 13.0. The molecule has 1 aliphatic heterocycles. The number of ether oxygens (including phenoxy) is 1. The first kappa shape index (κ1) is 24.7. The molecule has 5 N–H and O–H groups in total. The van der Waals surface area contributed by atoms with E-state index in [2.05, 4.69) is 10.6 Å². The Balaban J connectivity index is 1.22. The zero-order valence-corrected chi connectivity index (χ0v) is 20.4. The molecule has 1 saturated carbocycles. The fraction of sp³-hybridized carbons (Fsp3) is 0.440. The molecule has 2 heterocycles. The Kier molecular flexibility index (Phi) is 7.70. The predicted octanol–water partition coefficient (Wildman–Crippen LogP) is 2.00.